The van der Waals surface area contributed by atoms with Crippen molar-refractivity contribution in [3.8, 4) is 0 Å². The van der Waals surface area contributed by atoms with E-state index in [1.807, 2.05) is 27.9 Å². The lowest BCUT2D eigenvalue weighted by Gasteiger charge is -2.31. The third-order valence-corrected chi connectivity index (χ3v) is 2.97. The van der Waals surface area contributed by atoms with Crippen LogP contribution in [0.15, 0.2) is 24.7 Å². The van der Waals surface area contributed by atoms with Crippen molar-refractivity contribution in [1.82, 2.24) is 10.2 Å². The molecular weight excluding hydrogens is 323 g/mol. The Morgan fingerprint density at radius 2 is 2.50 bits per heavy atom. The van der Waals surface area contributed by atoms with Gasteiger partial charge in [0.15, 0.2) is 0 Å². The van der Waals surface area contributed by atoms with Crippen molar-refractivity contribution in [2.24, 2.45) is 0 Å². The van der Waals surface area contributed by atoms with Gasteiger partial charge >= 0.3 is 0 Å². The largest absolute Gasteiger partial charge is 0.352 e. The number of carbonyl (C=O) groups excluding carboxylic acids is 1. The van der Waals surface area contributed by atoms with Crippen molar-refractivity contribution >= 4 is 28.9 Å². The number of rotatable bonds is 3. The van der Waals surface area contributed by atoms with E-state index in [4.69, 9.17) is 7.80 Å². The molecule has 2 heterocycles. The van der Waals surface area contributed by atoms with Crippen molar-refractivity contribution in [3.05, 3.63) is 24.7 Å². The molecule has 0 bridgehead atoms. The Hall–Kier alpha value is -0.600. The Balaban J connectivity index is 1.96. The van der Waals surface area contributed by atoms with E-state index >= 15 is 0 Å². The molecule has 2 aliphatic heterocycles. The molecule has 0 radical (unpaired) electrons. The van der Waals surface area contributed by atoms with Gasteiger partial charge in [-0.25, -0.2) is 0 Å². The molecule has 1 fully saturated rings. The average molecular weight is 336 g/mol. The molecule has 0 aromatic rings. The van der Waals surface area contributed by atoms with Crippen molar-refractivity contribution in [2.75, 3.05) is 6.61 Å². The first-order valence-corrected chi connectivity index (χ1v) is 5.94. The maximum atomic E-state index is 11.1. The van der Waals surface area contributed by atoms with E-state index in [0.717, 1.165) is 12.8 Å². The molecule has 1 saturated heterocycles. The summed E-state index contributed by atoms with van der Waals surface area (Å²) in [4.78, 5) is 12.9. The Bertz CT molecular complexity index is 332. The van der Waals surface area contributed by atoms with Gasteiger partial charge in [0, 0.05) is 12.3 Å². The molecule has 2 atom stereocenters. The minimum atomic E-state index is -0.147. The van der Waals surface area contributed by atoms with E-state index in [2.05, 4.69) is 11.9 Å². The van der Waals surface area contributed by atoms with Gasteiger partial charge in [-0.15, -0.1) is 0 Å². The van der Waals surface area contributed by atoms with Crippen LogP contribution in [0, 0.1) is 0 Å². The number of ether oxygens (including phenoxy) is 1. The molecule has 0 spiro atoms. The highest BCUT2D eigenvalue weighted by molar-refractivity contribution is 14.1. The first-order chi connectivity index (χ1) is 7.70. The van der Waals surface area contributed by atoms with E-state index in [-0.39, 0.29) is 18.2 Å². The monoisotopic (exact) mass is 336 g/mol. The smallest absolute Gasteiger partial charge is 0.250 e. The minimum absolute atomic E-state index is 0.0547. The summed E-state index contributed by atoms with van der Waals surface area (Å²) in [5, 5.41) is 2.65. The average Bonchev–Trinajstić information content (AvgIpc) is 2.67. The summed E-state index contributed by atoms with van der Waals surface area (Å²) in [6.07, 6.45) is 5.12. The van der Waals surface area contributed by atoms with Gasteiger partial charge in [0.1, 0.15) is 35.1 Å². The van der Waals surface area contributed by atoms with Crippen LogP contribution in [0.4, 0.5) is 0 Å². The Morgan fingerprint density at radius 1 is 1.69 bits per heavy atom. The van der Waals surface area contributed by atoms with E-state index in [0.29, 0.717) is 12.4 Å². The van der Waals surface area contributed by atoms with Crippen LogP contribution in [0.3, 0.4) is 0 Å². The molecule has 2 rings (SSSR count). The van der Waals surface area contributed by atoms with Crippen molar-refractivity contribution in [2.45, 2.75) is 25.2 Å². The van der Waals surface area contributed by atoms with Crippen molar-refractivity contribution in [3.63, 3.8) is 0 Å². The summed E-state index contributed by atoms with van der Waals surface area (Å²) in [7, 11) is 0. The number of nitrogens with zero attached hydrogens (tertiary/aromatic N) is 1. The fourth-order valence-corrected chi connectivity index (χ4v) is 2.24. The molecule has 2 unspecified atom stereocenters. The highest BCUT2D eigenvalue weighted by Gasteiger charge is 2.31. The van der Waals surface area contributed by atoms with Gasteiger partial charge < -0.3 is 18.0 Å². The summed E-state index contributed by atoms with van der Waals surface area (Å²) in [5.41, 5.74) is 0. The van der Waals surface area contributed by atoms with Gasteiger partial charge in [0.2, 0.25) is 0 Å². The van der Waals surface area contributed by atoms with E-state index in [1.165, 1.54) is 6.08 Å². The van der Waals surface area contributed by atoms with Crippen molar-refractivity contribution in [1.29, 1.82) is 0 Å². The molecule has 1 amide bonds. The van der Waals surface area contributed by atoms with Gasteiger partial charge in [-0.3, -0.25) is 4.79 Å². The van der Waals surface area contributed by atoms with Gasteiger partial charge in [0.25, 0.3) is 5.91 Å². The second-order valence-corrected chi connectivity index (χ2v) is 4.35. The molecular formula is C10H13IN2O3. The predicted octanol–water partition coefficient (Wildman–Crippen LogP) is 1.27. The van der Waals surface area contributed by atoms with Crippen LogP contribution in [0.1, 0.15) is 12.8 Å². The van der Waals surface area contributed by atoms with Crippen LogP contribution in [0.5, 0.6) is 0 Å². The Kier molecular flexibility index (Phi) is 3.82. The summed E-state index contributed by atoms with van der Waals surface area (Å²) in [6.45, 7) is 4.38. The van der Waals surface area contributed by atoms with E-state index in [1.54, 1.807) is 6.20 Å². The summed E-state index contributed by atoms with van der Waals surface area (Å²) in [5.74, 6) is 0.417. The Morgan fingerprint density at radius 3 is 3.19 bits per heavy atom. The van der Waals surface area contributed by atoms with Crippen LogP contribution in [0.2, 0.25) is 0 Å². The molecule has 0 aromatic carbocycles. The first-order valence-electron chi connectivity index (χ1n) is 5.06. The first kappa shape index (κ1) is 11.9. The fourth-order valence-electron chi connectivity index (χ4n) is 1.84. The second-order valence-electron chi connectivity index (χ2n) is 3.72. The number of nitrogens with one attached hydrogen (secondary N) is 1. The highest BCUT2D eigenvalue weighted by atomic mass is 127. The third kappa shape index (κ3) is 2.55. The SMILES string of the molecule is C=C1NC(=O)C=CN1C1CCC(COI)O1. The van der Waals surface area contributed by atoms with Gasteiger partial charge in [-0.2, -0.15) is 0 Å². The van der Waals surface area contributed by atoms with Crippen LogP contribution in [-0.4, -0.2) is 29.7 Å². The normalized spacial score (nSPS) is 29.7. The number of halogens is 1. The quantitative estimate of drug-likeness (QED) is 0.789. The number of amides is 1. The maximum absolute atomic E-state index is 11.1. The van der Waals surface area contributed by atoms with Crippen molar-refractivity contribution < 1.29 is 12.6 Å². The minimum Gasteiger partial charge on any atom is -0.352 e. The molecule has 1 N–H and O–H groups in total. The lowest BCUT2D eigenvalue weighted by Crippen LogP contribution is -2.41. The molecule has 0 saturated carbocycles. The second kappa shape index (κ2) is 5.15. The van der Waals surface area contributed by atoms with E-state index in [9.17, 15) is 4.79 Å². The molecule has 6 heteroatoms. The molecule has 0 aliphatic carbocycles. The standard InChI is InChI=1S/C10H13IN2O3/c1-7-12-9(14)4-5-13(7)10-3-2-8(16-10)6-15-11/h4-5,8,10H,1-3,6H2,(H,12,14). The summed E-state index contributed by atoms with van der Waals surface area (Å²) < 4.78 is 10.8. The van der Waals surface area contributed by atoms with E-state index < -0.39 is 0 Å². The van der Waals surface area contributed by atoms with Crippen LogP contribution in [0.25, 0.3) is 0 Å². The summed E-state index contributed by atoms with van der Waals surface area (Å²) in [6, 6.07) is 0. The molecule has 88 valence electrons. The number of carbonyl (C=O) groups is 1. The lowest BCUT2D eigenvalue weighted by atomic mass is 10.2. The zero-order valence-electron chi connectivity index (χ0n) is 8.69. The lowest BCUT2D eigenvalue weighted by molar-refractivity contribution is -0.117. The number of hydrogen-bond acceptors (Lipinski definition) is 4. The third-order valence-electron chi connectivity index (χ3n) is 2.61. The predicted molar refractivity (Wildman–Crippen MR) is 66.1 cm³/mol. The zero-order chi connectivity index (χ0) is 11.5. The maximum Gasteiger partial charge on any atom is 0.250 e. The number of hydrogen-bond donors (Lipinski definition) is 1. The van der Waals surface area contributed by atoms with Crippen LogP contribution in [-0.2, 0) is 12.6 Å². The Labute approximate surface area is 108 Å². The summed E-state index contributed by atoms with van der Waals surface area (Å²) >= 11 is 1.86. The fraction of sp³-hybridized carbons (Fsp3) is 0.500. The molecule has 0 aromatic heterocycles. The van der Waals surface area contributed by atoms with Gasteiger partial charge in [0.05, 0.1) is 12.7 Å². The van der Waals surface area contributed by atoms with Crippen LogP contribution < -0.4 is 5.32 Å². The molecule has 2 aliphatic rings. The molecule has 16 heavy (non-hydrogen) atoms. The van der Waals surface area contributed by atoms with Gasteiger partial charge in [-0.05, 0) is 12.8 Å². The van der Waals surface area contributed by atoms with Crippen LogP contribution >= 0.6 is 23.0 Å². The zero-order valence-corrected chi connectivity index (χ0v) is 10.8. The topological polar surface area (TPSA) is 50.8 Å². The van der Waals surface area contributed by atoms with Gasteiger partial charge in [-0.1, -0.05) is 6.58 Å². The highest BCUT2D eigenvalue weighted by Crippen LogP contribution is 2.26. The molecule has 5 nitrogen and oxygen atoms in total.